The molecule has 0 fully saturated rings. The Hall–Kier alpha value is -3.41. The number of carbonyl (C=O) groups excluding carboxylic acids is 1. The van der Waals surface area contributed by atoms with Crippen molar-refractivity contribution in [1.29, 1.82) is 0 Å². The van der Waals surface area contributed by atoms with Crippen molar-refractivity contribution in [2.24, 2.45) is 0 Å². The summed E-state index contributed by atoms with van der Waals surface area (Å²) in [5.41, 5.74) is 1.97. The fourth-order valence-corrected chi connectivity index (χ4v) is 2.64. The number of fused-ring (bicyclic) bond motifs is 2. The number of benzene rings is 1. The van der Waals surface area contributed by atoms with E-state index in [1.54, 1.807) is 19.2 Å². The number of anilines is 1. The molecule has 4 aromatic rings. The van der Waals surface area contributed by atoms with Crippen molar-refractivity contribution in [3.8, 4) is 5.75 Å². The third-order valence-electron chi connectivity index (χ3n) is 3.86. The number of methoxy groups -OCH3 is 1. The first-order valence-corrected chi connectivity index (χ1v) is 7.76. The SMILES string of the molecule is COc1ccc2cc3cc(C(=O)Nc4cccc(C)n4)oc3nc2c1. The molecule has 0 spiro atoms. The van der Waals surface area contributed by atoms with Crippen LogP contribution >= 0.6 is 0 Å². The molecule has 6 heteroatoms. The Labute approximate surface area is 143 Å². The summed E-state index contributed by atoms with van der Waals surface area (Å²) in [6.45, 7) is 1.86. The maximum absolute atomic E-state index is 12.4. The van der Waals surface area contributed by atoms with Crippen molar-refractivity contribution in [3.63, 3.8) is 0 Å². The molecule has 3 aromatic heterocycles. The van der Waals surface area contributed by atoms with Gasteiger partial charge in [0, 0.05) is 22.5 Å². The van der Waals surface area contributed by atoms with Crippen LogP contribution in [-0.2, 0) is 0 Å². The topological polar surface area (TPSA) is 77.2 Å². The molecule has 25 heavy (non-hydrogen) atoms. The van der Waals surface area contributed by atoms with Crippen LogP contribution in [0.4, 0.5) is 5.82 Å². The molecule has 0 bridgehead atoms. The van der Waals surface area contributed by atoms with Crippen LogP contribution in [0.15, 0.2) is 52.9 Å². The predicted molar refractivity (Wildman–Crippen MR) is 95.0 cm³/mol. The van der Waals surface area contributed by atoms with Gasteiger partial charge in [-0.05, 0) is 43.3 Å². The Morgan fingerprint density at radius 1 is 1.08 bits per heavy atom. The molecule has 0 aliphatic heterocycles. The minimum atomic E-state index is -0.363. The minimum Gasteiger partial charge on any atom is -0.497 e. The molecule has 0 atom stereocenters. The molecular formula is C19H15N3O3. The second-order valence-corrected chi connectivity index (χ2v) is 5.67. The van der Waals surface area contributed by atoms with Gasteiger partial charge in [-0.3, -0.25) is 4.79 Å². The molecular weight excluding hydrogens is 318 g/mol. The van der Waals surface area contributed by atoms with E-state index in [2.05, 4.69) is 15.3 Å². The van der Waals surface area contributed by atoms with Gasteiger partial charge in [-0.15, -0.1) is 0 Å². The molecule has 0 saturated heterocycles. The lowest BCUT2D eigenvalue weighted by Gasteiger charge is -2.02. The van der Waals surface area contributed by atoms with Crippen molar-refractivity contribution in [1.82, 2.24) is 9.97 Å². The summed E-state index contributed by atoms with van der Waals surface area (Å²) in [6.07, 6.45) is 0. The van der Waals surface area contributed by atoms with E-state index in [-0.39, 0.29) is 11.7 Å². The number of furan rings is 1. The van der Waals surface area contributed by atoms with Crippen LogP contribution in [-0.4, -0.2) is 23.0 Å². The average Bonchev–Trinajstić information content (AvgIpc) is 3.02. The van der Waals surface area contributed by atoms with Crippen LogP contribution in [0.1, 0.15) is 16.2 Å². The Morgan fingerprint density at radius 2 is 1.96 bits per heavy atom. The second kappa shape index (κ2) is 5.90. The van der Waals surface area contributed by atoms with E-state index in [1.807, 2.05) is 43.3 Å². The number of pyridine rings is 2. The van der Waals surface area contributed by atoms with Crippen LogP contribution < -0.4 is 10.1 Å². The normalized spacial score (nSPS) is 11.0. The van der Waals surface area contributed by atoms with Gasteiger partial charge in [-0.1, -0.05) is 6.07 Å². The number of nitrogens with one attached hydrogen (secondary N) is 1. The standard InChI is InChI=1S/C19H15N3O3/c1-11-4-3-5-17(20-11)22-18(23)16-9-13-8-12-6-7-14(24-2)10-15(12)21-19(13)25-16/h3-10H,1-2H3,(H,20,22,23). The molecule has 124 valence electrons. The molecule has 0 aliphatic carbocycles. The van der Waals surface area contributed by atoms with Crippen molar-refractivity contribution in [3.05, 3.63) is 60.0 Å². The number of ether oxygens (including phenoxy) is 1. The number of amides is 1. The van der Waals surface area contributed by atoms with Gasteiger partial charge < -0.3 is 14.5 Å². The molecule has 1 aromatic carbocycles. The van der Waals surface area contributed by atoms with Gasteiger partial charge in [0.2, 0.25) is 5.71 Å². The molecule has 0 radical (unpaired) electrons. The molecule has 1 N–H and O–H groups in total. The number of aryl methyl sites for hydroxylation is 1. The zero-order valence-corrected chi connectivity index (χ0v) is 13.7. The summed E-state index contributed by atoms with van der Waals surface area (Å²) in [5, 5.41) is 4.44. The predicted octanol–water partition coefficient (Wildman–Crippen LogP) is 3.95. The van der Waals surface area contributed by atoms with Gasteiger partial charge >= 0.3 is 0 Å². The molecule has 1 amide bonds. The fourth-order valence-electron chi connectivity index (χ4n) is 2.64. The maximum atomic E-state index is 12.4. The highest BCUT2D eigenvalue weighted by atomic mass is 16.5. The van der Waals surface area contributed by atoms with Gasteiger partial charge in [-0.25, -0.2) is 9.97 Å². The third kappa shape index (κ3) is 2.89. The van der Waals surface area contributed by atoms with Crippen molar-refractivity contribution in [2.75, 3.05) is 12.4 Å². The minimum absolute atomic E-state index is 0.188. The van der Waals surface area contributed by atoms with E-state index in [1.165, 1.54) is 0 Å². The van der Waals surface area contributed by atoms with Gasteiger partial charge in [0.05, 0.1) is 12.6 Å². The van der Waals surface area contributed by atoms with Crippen LogP contribution in [0.2, 0.25) is 0 Å². The third-order valence-corrected chi connectivity index (χ3v) is 3.86. The molecule has 0 unspecified atom stereocenters. The van der Waals surface area contributed by atoms with Crippen LogP contribution in [0, 0.1) is 6.92 Å². The van der Waals surface area contributed by atoms with Crippen LogP contribution in [0.3, 0.4) is 0 Å². The number of nitrogens with zero attached hydrogens (tertiary/aromatic N) is 2. The van der Waals surface area contributed by atoms with Crippen LogP contribution in [0.25, 0.3) is 22.0 Å². The summed E-state index contributed by atoms with van der Waals surface area (Å²) < 4.78 is 10.8. The van der Waals surface area contributed by atoms with Gasteiger partial charge in [-0.2, -0.15) is 0 Å². The van der Waals surface area contributed by atoms with Crippen molar-refractivity contribution >= 4 is 33.7 Å². The van der Waals surface area contributed by atoms with E-state index in [4.69, 9.17) is 9.15 Å². The molecule has 6 nitrogen and oxygen atoms in total. The molecule has 4 rings (SSSR count). The number of hydrogen-bond acceptors (Lipinski definition) is 5. The number of rotatable bonds is 3. The van der Waals surface area contributed by atoms with E-state index in [0.717, 1.165) is 27.7 Å². The van der Waals surface area contributed by atoms with Gasteiger partial charge in [0.15, 0.2) is 5.76 Å². The summed E-state index contributed by atoms with van der Waals surface area (Å²) in [7, 11) is 1.61. The summed E-state index contributed by atoms with van der Waals surface area (Å²) in [6, 6.07) is 14.6. The lowest BCUT2D eigenvalue weighted by molar-refractivity contribution is 0.0998. The lowest BCUT2D eigenvalue weighted by Crippen LogP contribution is -2.12. The zero-order valence-electron chi connectivity index (χ0n) is 13.7. The Kier molecular flexibility index (Phi) is 3.57. The average molecular weight is 333 g/mol. The zero-order chi connectivity index (χ0) is 17.4. The summed E-state index contributed by atoms with van der Waals surface area (Å²) in [4.78, 5) is 21.1. The molecule has 3 heterocycles. The van der Waals surface area contributed by atoms with E-state index >= 15 is 0 Å². The summed E-state index contributed by atoms with van der Waals surface area (Å²) >= 11 is 0. The monoisotopic (exact) mass is 333 g/mol. The smallest absolute Gasteiger partial charge is 0.292 e. The number of hydrogen-bond donors (Lipinski definition) is 1. The fraction of sp³-hybridized carbons (Fsp3) is 0.105. The highest BCUT2D eigenvalue weighted by Gasteiger charge is 2.15. The first-order valence-electron chi connectivity index (χ1n) is 7.76. The second-order valence-electron chi connectivity index (χ2n) is 5.67. The Balaban J connectivity index is 1.70. The molecule has 0 saturated carbocycles. The van der Waals surface area contributed by atoms with Gasteiger partial charge in [0.1, 0.15) is 11.6 Å². The summed E-state index contributed by atoms with van der Waals surface area (Å²) in [5.74, 6) is 1.02. The van der Waals surface area contributed by atoms with E-state index < -0.39 is 0 Å². The van der Waals surface area contributed by atoms with Crippen molar-refractivity contribution < 1.29 is 13.9 Å². The first kappa shape index (κ1) is 15.1. The largest absolute Gasteiger partial charge is 0.497 e. The van der Waals surface area contributed by atoms with Gasteiger partial charge in [0.25, 0.3) is 5.91 Å². The lowest BCUT2D eigenvalue weighted by atomic mass is 10.2. The number of aromatic nitrogens is 2. The molecule has 0 aliphatic rings. The van der Waals surface area contributed by atoms with Crippen LogP contribution in [0.5, 0.6) is 5.75 Å². The van der Waals surface area contributed by atoms with E-state index in [0.29, 0.717) is 11.5 Å². The Morgan fingerprint density at radius 3 is 2.76 bits per heavy atom. The maximum Gasteiger partial charge on any atom is 0.292 e. The van der Waals surface area contributed by atoms with Crippen molar-refractivity contribution in [2.45, 2.75) is 6.92 Å². The highest BCUT2D eigenvalue weighted by molar-refractivity contribution is 6.04. The van der Waals surface area contributed by atoms with E-state index in [9.17, 15) is 4.79 Å². The Bertz CT molecular complexity index is 1100. The number of carbonyl (C=O) groups is 1. The quantitative estimate of drug-likeness (QED) is 0.614. The highest BCUT2D eigenvalue weighted by Crippen LogP contribution is 2.26. The first-order chi connectivity index (χ1) is 12.1.